The van der Waals surface area contributed by atoms with E-state index in [-0.39, 0.29) is 5.41 Å². The summed E-state index contributed by atoms with van der Waals surface area (Å²) in [7, 11) is 0. The lowest BCUT2D eigenvalue weighted by molar-refractivity contribution is 0.391. The number of fused-ring (bicyclic) bond motifs is 9. The summed E-state index contributed by atoms with van der Waals surface area (Å²) in [5.74, 6) is 1.90. The first-order chi connectivity index (χ1) is 25.0. The van der Waals surface area contributed by atoms with Crippen LogP contribution in [-0.4, -0.2) is 0 Å². The molecule has 8 aromatic rings. The smallest absolute Gasteiger partial charge is 0.132 e. The molecule has 0 unspecified atom stereocenters. The summed E-state index contributed by atoms with van der Waals surface area (Å²) in [5, 5.41) is 4.97. The molecule has 0 amide bonds. The van der Waals surface area contributed by atoms with Crippen LogP contribution in [0.3, 0.4) is 0 Å². The molecular formula is C50H38O. The molecule has 0 saturated heterocycles. The van der Waals surface area contributed by atoms with Crippen LogP contribution in [0.5, 0.6) is 11.5 Å². The van der Waals surface area contributed by atoms with E-state index in [4.69, 9.17) is 4.74 Å². The normalized spacial score (nSPS) is 14.7. The van der Waals surface area contributed by atoms with Gasteiger partial charge in [0.2, 0.25) is 0 Å². The summed E-state index contributed by atoms with van der Waals surface area (Å²) >= 11 is 0. The highest BCUT2D eigenvalue weighted by atomic mass is 16.5. The van der Waals surface area contributed by atoms with Crippen LogP contribution in [0.15, 0.2) is 170 Å². The van der Waals surface area contributed by atoms with Crippen molar-refractivity contribution >= 4 is 21.5 Å². The Labute approximate surface area is 299 Å². The van der Waals surface area contributed by atoms with Crippen LogP contribution in [0.4, 0.5) is 0 Å². The molecule has 0 spiro atoms. The second-order valence-electron chi connectivity index (χ2n) is 15.0. The molecule has 10 rings (SSSR count). The number of rotatable bonds is 5. The minimum Gasteiger partial charge on any atom is -0.457 e. The monoisotopic (exact) mass is 654 g/mol. The number of hydrogen-bond acceptors (Lipinski definition) is 1. The van der Waals surface area contributed by atoms with Crippen molar-refractivity contribution in [1.82, 2.24) is 0 Å². The van der Waals surface area contributed by atoms with E-state index >= 15 is 0 Å². The van der Waals surface area contributed by atoms with E-state index in [1.54, 1.807) is 0 Å². The summed E-state index contributed by atoms with van der Waals surface area (Å²) in [6, 6.07) is 62.7. The Bertz CT molecular complexity index is 2540. The average molecular weight is 655 g/mol. The van der Waals surface area contributed by atoms with Gasteiger partial charge in [0.15, 0.2) is 0 Å². The fourth-order valence-corrected chi connectivity index (χ4v) is 9.31. The Balaban J connectivity index is 1.15. The van der Waals surface area contributed by atoms with Gasteiger partial charge in [0, 0.05) is 22.0 Å². The molecular weight excluding hydrogens is 617 g/mol. The minimum absolute atomic E-state index is 0.0267. The molecule has 0 bridgehead atoms. The first-order valence-corrected chi connectivity index (χ1v) is 18.1. The highest BCUT2D eigenvalue weighted by molar-refractivity contribution is 5.95. The van der Waals surface area contributed by atoms with Gasteiger partial charge < -0.3 is 4.74 Å². The fraction of sp³-hybridized carbons (Fsp3) is 0.120. The van der Waals surface area contributed by atoms with Gasteiger partial charge in [-0.05, 0) is 97.1 Å². The van der Waals surface area contributed by atoms with Crippen molar-refractivity contribution < 1.29 is 4.74 Å². The average Bonchev–Trinajstić information content (AvgIpc) is 3.40. The largest absolute Gasteiger partial charge is 0.457 e. The van der Waals surface area contributed by atoms with Crippen LogP contribution >= 0.6 is 0 Å². The van der Waals surface area contributed by atoms with Crippen molar-refractivity contribution in [2.45, 2.75) is 37.5 Å². The summed E-state index contributed by atoms with van der Waals surface area (Å²) in [6.07, 6.45) is 1.68. The first-order valence-electron chi connectivity index (χ1n) is 18.1. The Morgan fingerprint density at radius 3 is 1.63 bits per heavy atom. The third-order valence-electron chi connectivity index (χ3n) is 11.7. The molecule has 1 aliphatic heterocycles. The molecule has 0 fully saturated rings. The first kappa shape index (κ1) is 29.9. The molecule has 0 saturated carbocycles. The van der Waals surface area contributed by atoms with Gasteiger partial charge in [-0.15, -0.1) is 0 Å². The second-order valence-corrected chi connectivity index (χ2v) is 15.0. The molecule has 244 valence electrons. The van der Waals surface area contributed by atoms with Crippen molar-refractivity contribution in [3.63, 3.8) is 0 Å². The van der Waals surface area contributed by atoms with Gasteiger partial charge >= 0.3 is 0 Å². The van der Waals surface area contributed by atoms with E-state index in [9.17, 15) is 0 Å². The fourth-order valence-electron chi connectivity index (χ4n) is 9.31. The Morgan fingerprint density at radius 2 is 0.961 bits per heavy atom. The van der Waals surface area contributed by atoms with Gasteiger partial charge in [-0.1, -0.05) is 166 Å². The van der Waals surface area contributed by atoms with E-state index in [0.717, 1.165) is 24.3 Å². The highest BCUT2D eigenvalue weighted by Crippen LogP contribution is 2.56. The van der Waals surface area contributed by atoms with Crippen molar-refractivity contribution in [2.24, 2.45) is 0 Å². The standard InChI is InChI=1S/C50H38O/c1-49(2)43-19-11-10-18-41(43)42-27-24-38(30-44(42)49)35-22-20-34(21-23-35)32-50(31-33-12-4-3-5-13-33)47-39-16-8-6-14-36(39)25-28-45(47)51-46-29-26-37-15-7-9-17-40(37)48(46)50/h3-30H,31-32H2,1-2H3. The summed E-state index contributed by atoms with van der Waals surface area (Å²) in [5.41, 5.74) is 12.8. The molecule has 0 atom stereocenters. The summed E-state index contributed by atoms with van der Waals surface area (Å²) < 4.78 is 6.88. The molecule has 0 N–H and O–H groups in total. The van der Waals surface area contributed by atoms with Crippen LogP contribution in [0.2, 0.25) is 0 Å². The van der Waals surface area contributed by atoms with Gasteiger partial charge in [-0.2, -0.15) is 0 Å². The lowest BCUT2D eigenvalue weighted by atomic mass is 9.63. The zero-order chi connectivity index (χ0) is 34.2. The van der Waals surface area contributed by atoms with E-state index in [1.165, 1.54) is 77.2 Å². The van der Waals surface area contributed by atoms with Gasteiger partial charge in [0.05, 0.1) is 0 Å². The molecule has 0 aromatic heterocycles. The number of hydrogen-bond donors (Lipinski definition) is 0. The van der Waals surface area contributed by atoms with Gasteiger partial charge in [0.1, 0.15) is 11.5 Å². The maximum atomic E-state index is 6.88. The van der Waals surface area contributed by atoms with Crippen molar-refractivity contribution in [1.29, 1.82) is 0 Å². The molecule has 1 heteroatoms. The third-order valence-corrected chi connectivity index (χ3v) is 11.7. The molecule has 2 aliphatic rings. The van der Waals surface area contributed by atoms with Crippen molar-refractivity contribution in [2.75, 3.05) is 0 Å². The van der Waals surface area contributed by atoms with E-state index in [0.29, 0.717) is 0 Å². The predicted molar refractivity (Wildman–Crippen MR) is 212 cm³/mol. The van der Waals surface area contributed by atoms with Crippen molar-refractivity contribution in [3.8, 4) is 33.8 Å². The van der Waals surface area contributed by atoms with Crippen LogP contribution in [-0.2, 0) is 23.7 Å². The lowest BCUT2D eigenvalue weighted by Crippen LogP contribution is -2.37. The number of benzene rings is 8. The molecule has 8 aromatic carbocycles. The lowest BCUT2D eigenvalue weighted by Gasteiger charge is -2.42. The van der Waals surface area contributed by atoms with Crippen LogP contribution < -0.4 is 4.74 Å². The van der Waals surface area contributed by atoms with Gasteiger partial charge in [-0.25, -0.2) is 0 Å². The zero-order valence-electron chi connectivity index (χ0n) is 29.0. The molecule has 0 radical (unpaired) electrons. The number of ether oxygens (including phenoxy) is 1. The second kappa shape index (κ2) is 11.3. The minimum atomic E-state index is -0.392. The van der Waals surface area contributed by atoms with E-state index in [1.807, 2.05) is 0 Å². The molecule has 51 heavy (non-hydrogen) atoms. The van der Waals surface area contributed by atoms with Crippen molar-refractivity contribution in [3.05, 3.63) is 203 Å². The Kier molecular flexibility index (Phi) is 6.64. The Hall–Kier alpha value is -5.92. The van der Waals surface area contributed by atoms with Crippen LogP contribution in [0.25, 0.3) is 43.8 Å². The van der Waals surface area contributed by atoms with Gasteiger partial charge in [0.25, 0.3) is 0 Å². The molecule has 1 nitrogen and oxygen atoms in total. The van der Waals surface area contributed by atoms with E-state index in [2.05, 4.69) is 184 Å². The maximum Gasteiger partial charge on any atom is 0.132 e. The Morgan fingerprint density at radius 1 is 0.431 bits per heavy atom. The van der Waals surface area contributed by atoms with Crippen LogP contribution in [0.1, 0.15) is 47.2 Å². The third kappa shape index (κ3) is 4.61. The molecule has 1 aliphatic carbocycles. The van der Waals surface area contributed by atoms with Gasteiger partial charge in [-0.3, -0.25) is 0 Å². The highest BCUT2D eigenvalue weighted by Gasteiger charge is 2.45. The maximum absolute atomic E-state index is 6.88. The topological polar surface area (TPSA) is 9.23 Å². The van der Waals surface area contributed by atoms with E-state index < -0.39 is 5.41 Å². The van der Waals surface area contributed by atoms with Crippen LogP contribution in [0, 0.1) is 0 Å². The summed E-state index contributed by atoms with van der Waals surface area (Å²) in [4.78, 5) is 0. The zero-order valence-corrected chi connectivity index (χ0v) is 29.0. The quantitative estimate of drug-likeness (QED) is 0.179. The predicted octanol–water partition coefficient (Wildman–Crippen LogP) is 12.8. The molecule has 1 heterocycles. The summed E-state index contributed by atoms with van der Waals surface area (Å²) in [6.45, 7) is 4.71. The SMILES string of the molecule is CC1(C)c2ccccc2-c2ccc(-c3ccc(CC4(Cc5ccccc5)c5c(ccc6ccccc56)Oc5ccc6ccccc6c54)cc3)cc21.